The highest BCUT2D eigenvalue weighted by Gasteiger charge is 2.30. The SMILES string of the molecule is COC(=O)C(C)(N)CCOC1CCCC(OC)C1. The second-order valence-electron chi connectivity index (χ2n) is 5.18. The van der Waals surface area contributed by atoms with Crippen molar-refractivity contribution in [1.82, 2.24) is 0 Å². The molecule has 1 aliphatic rings. The van der Waals surface area contributed by atoms with Crippen LogP contribution in [-0.4, -0.2) is 44.5 Å². The summed E-state index contributed by atoms with van der Waals surface area (Å²) < 4.78 is 15.8. The van der Waals surface area contributed by atoms with Gasteiger partial charge in [0.1, 0.15) is 5.54 Å². The van der Waals surface area contributed by atoms with Crippen molar-refractivity contribution in [2.24, 2.45) is 5.73 Å². The lowest BCUT2D eigenvalue weighted by Crippen LogP contribution is -2.46. The number of nitrogens with two attached hydrogens (primary N) is 1. The Morgan fingerprint density at radius 1 is 1.33 bits per heavy atom. The van der Waals surface area contributed by atoms with Crippen molar-refractivity contribution in [2.45, 2.75) is 56.8 Å². The molecule has 1 fully saturated rings. The fourth-order valence-corrected chi connectivity index (χ4v) is 2.24. The van der Waals surface area contributed by atoms with Crippen molar-refractivity contribution in [3.8, 4) is 0 Å². The molecule has 0 aliphatic heterocycles. The van der Waals surface area contributed by atoms with Gasteiger partial charge >= 0.3 is 5.97 Å². The van der Waals surface area contributed by atoms with Gasteiger partial charge < -0.3 is 19.9 Å². The van der Waals surface area contributed by atoms with Gasteiger partial charge in [0.15, 0.2) is 0 Å². The summed E-state index contributed by atoms with van der Waals surface area (Å²) in [5.41, 5.74) is 4.89. The summed E-state index contributed by atoms with van der Waals surface area (Å²) in [6.45, 7) is 2.14. The van der Waals surface area contributed by atoms with Crippen LogP contribution in [0.2, 0.25) is 0 Å². The van der Waals surface area contributed by atoms with E-state index in [4.69, 9.17) is 15.2 Å². The Morgan fingerprint density at radius 3 is 2.61 bits per heavy atom. The van der Waals surface area contributed by atoms with Gasteiger partial charge in [-0.25, -0.2) is 0 Å². The van der Waals surface area contributed by atoms with Crippen LogP contribution in [0.3, 0.4) is 0 Å². The highest BCUT2D eigenvalue weighted by atomic mass is 16.5. The van der Waals surface area contributed by atoms with Crippen LogP contribution in [0.25, 0.3) is 0 Å². The zero-order chi connectivity index (χ0) is 13.6. The van der Waals surface area contributed by atoms with Crippen LogP contribution in [0.1, 0.15) is 39.0 Å². The van der Waals surface area contributed by atoms with Crippen molar-refractivity contribution < 1.29 is 19.0 Å². The minimum absolute atomic E-state index is 0.220. The quantitative estimate of drug-likeness (QED) is 0.727. The van der Waals surface area contributed by atoms with E-state index in [-0.39, 0.29) is 6.10 Å². The number of carbonyl (C=O) groups is 1. The number of methoxy groups -OCH3 is 2. The average Bonchev–Trinajstić information content (AvgIpc) is 2.37. The van der Waals surface area contributed by atoms with Gasteiger partial charge in [0.2, 0.25) is 0 Å². The maximum Gasteiger partial charge on any atom is 0.325 e. The summed E-state index contributed by atoms with van der Waals surface area (Å²) in [7, 11) is 3.08. The Hall–Kier alpha value is -0.650. The molecule has 5 nitrogen and oxygen atoms in total. The van der Waals surface area contributed by atoms with Crippen molar-refractivity contribution in [2.75, 3.05) is 20.8 Å². The molecular formula is C13H25NO4. The van der Waals surface area contributed by atoms with Crippen LogP contribution < -0.4 is 5.73 Å². The lowest BCUT2D eigenvalue weighted by molar-refractivity contribution is -0.147. The molecule has 0 heterocycles. The third kappa shape index (κ3) is 4.55. The summed E-state index contributed by atoms with van der Waals surface area (Å²) in [5.74, 6) is -0.399. The third-order valence-electron chi connectivity index (χ3n) is 3.54. The van der Waals surface area contributed by atoms with Gasteiger partial charge in [0.25, 0.3) is 0 Å². The minimum Gasteiger partial charge on any atom is -0.468 e. The predicted molar refractivity (Wildman–Crippen MR) is 68.2 cm³/mol. The van der Waals surface area contributed by atoms with E-state index < -0.39 is 11.5 Å². The first-order valence-electron chi connectivity index (χ1n) is 6.51. The second-order valence-corrected chi connectivity index (χ2v) is 5.18. The minimum atomic E-state index is -0.968. The number of rotatable bonds is 6. The monoisotopic (exact) mass is 259 g/mol. The maximum atomic E-state index is 11.4. The van der Waals surface area contributed by atoms with Crippen LogP contribution >= 0.6 is 0 Å². The molecule has 0 spiro atoms. The fraction of sp³-hybridized carbons (Fsp3) is 0.923. The molecule has 106 valence electrons. The second kappa shape index (κ2) is 7.07. The van der Waals surface area contributed by atoms with Crippen molar-refractivity contribution >= 4 is 5.97 Å². The largest absolute Gasteiger partial charge is 0.468 e. The summed E-state index contributed by atoms with van der Waals surface area (Å²) in [5, 5.41) is 0. The molecule has 1 rings (SSSR count). The van der Waals surface area contributed by atoms with E-state index in [0.717, 1.165) is 25.7 Å². The van der Waals surface area contributed by atoms with Gasteiger partial charge in [0, 0.05) is 13.7 Å². The van der Waals surface area contributed by atoms with Crippen molar-refractivity contribution in [1.29, 1.82) is 0 Å². The number of hydrogen-bond donors (Lipinski definition) is 1. The number of hydrogen-bond acceptors (Lipinski definition) is 5. The van der Waals surface area contributed by atoms with Gasteiger partial charge in [-0.3, -0.25) is 4.79 Å². The Bertz CT molecular complexity index is 268. The van der Waals surface area contributed by atoms with Crippen molar-refractivity contribution in [3.63, 3.8) is 0 Å². The Kier molecular flexibility index (Phi) is 6.05. The zero-order valence-corrected chi connectivity index (χ0v) is 11.6. The van der Waals surface area contributed by atoms with E-state index in [9.17, 15) is 4.79 Å². The average molecular weight is 259 g/mol. The fourth-order valence-electron chi connectivity index (χ4n) is 2.24. The predicted octanol–water partition coefficient (Wildman–Crippen LogP) is 1.24. The van der Waals surface area contributed by atoms with Crippen molar-refractivity contribution in [3.05, 3.63) is 0 Å². The van der Waals surface area contributed by atoms with E-state index in [1.165, 1.54) is 7.11 Å². The van der Waals surface area contributed by atoms with Gasteiger partial charge in [-0.1, -0.05) is 0 Å². The van der Waals surface area contributed by atoms with Crippen LogP contribution in [0, 0.1) is 0 Å². The van der Waals surface area contributed by atoms with Gasteiger partial charge in [0.05, 0.1) is 19.3 Å². The molecule has 0 bridgehead atoms. The molecule has 3 atom stereocenters. The van der Waals surface area contributed by atoms with E-state index in [2.05, 4.69) is 4.74 Å². The third-order valence-corrected chi connectivity index (χ3v) is 3.54. The van der Waals surface area contributed by atoms with Crippen LogP contribution in [-0.2, 0) is 19.0 Å². The Balaban J connectivity index is 2.27. The molecule has 0 aromatic heterocycles. The van der Waals surface area contributed by atoms with E-state index in [1.54, 1.807) is 14.0 Å². The number of esters is 1. The first kappa shape index (κ1) is 15.4. The van der Waals surface area contributed by atoms with Crippen LogP contribution in [0.5, 0.6) is 0 Å². The molecule has 5 heteroatoms. The first-order valence-corrected chi connectivity index (χ1v) is 6.51. The molecule has 0 aromatic rings. The molecule has 1 saturated carbocycles. The van der Waals surface area contributed by atoms with Gasteiger partial charge in [-0.2, -0.15) is 0 Å². The molecule has 3 unspecified atom stereocenters. The standard InChI is InChI=1S/C13H25NO4/c1-13(14,12(15)17-3)7-8-18-11-6-4-5-10(9-11)16-2/h10-11H,4-9,14H2,1-3H3. The van der Waals surface area contributed by atoms with E-state index in [0.29, 0.717) is 19.1 Å². The molecule has 18 heavy (non-hydrogen) atoms. The molecule has 2 N–H and O–H groups in total. The lowest BCUT2D eigenvalue weighted by Gasteiger charge is -2.29. The summed E-state index contributed by atoms with van der Waals surface area (Å²) in [6.07, 6.45) is 5.20. The molecule has 0 saturated heterocycles. The van der Waals surface area contributed by atoms with E-state index in [1.807, 2.05) is 0 Å². The Labute approximate surface area is 109 Å². The number of carbonyl (C=O) groups excluding carboxylic acids is 1. The molecule has 0 aromatic carbocycles. The normalized spacial score (nSPS) is 27.6. The first-order chi connectivity index (χ1) is 8.49. The summed E-state index contributed by atoms with van der Waals surface area (Å²) >= 11 is 0. The van der Waals surface area contributed by atoms with Gasteiger partial charge in [-0.05, 0) is 39.0 Å². The topological polar surface area (TPSA) is 70.8 Å². The van der Waals surface area contributed by atoms with Gasteiger partial charge in [-0.15, -0.1) is 0 Å². The summed E-state index contributed by atoms with van der Waals surface area (Å²) in [4.78, 5) is 11.4. The molecular weight excluding hydrogens is 234 g/mol. The van der Waals surface area contributed by atoms with Crippen LogP contribution in [0.4, 0.5) is 0 Å². The highest BCUT2D eigenvalue weighted by Crippen LogP contribution is 2.23. The lowest BCUT2D eigenvalue weighted by atomic mass is 9.94. The zero-order valence-electron chi connectivity index (χ0n) is 11.6. The maximum absolute atomic E-state index is 11.4. The molecule has 0 amide bonds. The summed E-state index contributed by atoms with van der Waals surface area (Å²) in [6, 6.07) is 0. The molecule has 0 radical (unpaired) electrons. The highest BCUT2D eigenvalue weighted by molar-refractivity contribution is 5.79. The Morgan fingerprint density at radius 2 is 2.00 bits per heavy atom. The van der Waals surface area contributed by atoms with Crippen LogP contribution in [0.15, 0.2) is 0 Å². The van der Waals surface area contributed by atoms with E-state index >= 15 is 0 Å². The smallest absolute Gasteiger partial charge is 0.325 e. The number of ether oxygens (including phenoxy) is 3. The molecule has 1 aliphatic carbocycles.